The molecule has 1 N–H and O–H groups in total. The van der Waals surface area contributed by atoms with E-state index >= 15 is 0 Å². The summed E-state index contributed by atoms with van der Waals surface area (Å²) in [4.78, 5) is 26.1. The number of carbonyl (C=O) groups is 2. The molecule has 0 atom stereocenters. The fraction of sp³-hybridized carbons (Fsp3) is 0. The van der Waals surface area contributed by atoms with E-state index in [4.69, 9.17) is 0 Å². The number of amides is 2. The summed E-state index contributed by atoms with van der Waals surface area (Å²) in [7, 11) is -3.79. The molecule has 0 saturated carbocycles. The average molecular weight is 504 g/mol. The third-order valence-corrected chi connectivity index (χ3v) is 6.41. The van der Waals surface area contributed by atoms with Gasteiger partial charge in [-0.1, -0.05) is 12.1 Å². The number of halogens is 1. The molecule has 0 unspecified atom stereocenters. The van der Waals surface area contributed by atoms with Gasteiger partial charge in [-0.05, 0) is 83.3 Å². The first-order chi connectivity index (χ1) is 13.4. The van der Waals surface area contributed by atoms with E-state index < -0.39 is 21.8 Å². The zero-order chi connectivity index (χ0) is 19.9. The molecule has 1 aliphatic heterocycles. The number of hydrogen-bond donors (Lipinski definition) is 1. The second-order valence-electron chi connectivity index (χ2n) is 6.10. The van der Waals surface area contributed by atoms with Crippen molar-refractivity contribution in [3.8, 4) is 0 Å². The topological polar surface area (TPSA) is 83.6 Å². The number of fused-ring (bicyclic) bond motifs is 1. The molecule has 28 heavy (non-hydrogen) atoms. The van der Waals surface area contributed by atoms with E-state index in [0.717, 1.165) is 8.47 Å². The van der Waals surface area contributed by atoms with Gasteiger partial charge in [0.25, 0.3) is 21.8 Å². The number of hydrogen-bond acceptors (Lipinski definition) is 4. The molecule has 0 aromatic heterocycles. The number of carbonyl (C=O) groups excluding carboxylic acids is 2. The maximum atomic E-state index is 12.6. The number of nitrogens with zero attached hydrogens (tertiary/aromatic N) is 1. The van der Waals surface area contributed by atoms with Gasteiger partial charge in [0.1, 0.15) is 0 Å². The smallest absolute Gasteiger partial charge is 0.266 e. The molecule has 0 fully saturated rings. The first-order valence-corrected chi connectivity index (χ1v) is 10.8. The summed E-state index contributed by atoms with van der Waals surface area (Å²) in [5.41, 5.74) is 1.44. The minimum absolute atomic E-state index is 0.0337. The van der Waals surface area contributed by atoms with Gasteiger partial charge in [-0.25, -0.2) is 13.3 Å². The van der Waals surface area contributed by atoms with Crippen LogP contribution < -0.4 is 9.62 Å². The van der Waals surface area contributed by atoms with Crippen LogP contribution in [0.15, 0.2) is 77.7 Å². The van der Waals surface area contributed by atoms with Crippen LogP contribution in [0.3, 0.4) is 0 Å². The molecule has 0 aliphatic carbocycles. The Morgan fingerprint density at radius 2 is 1.29 bits per heavy atom. The maximum absolute atomic E-state index is 12.6. The zero-order valence-electron chi connectivity index (χ0n) is 14.3. The quantitative estimate of drug-likeness (QED) is 0.432. The van der Waals surface area contributed by atoms with Gasteiger partial charge >= 0.3 is 0 Å². The van der Waals surface area contributed by atoms with Crippen LogP contribution in [-0.2, 0) is 10.0 Å². The van der Waals surface area contributed by atoms with Crippen molar-refractivity contribution in [1.82, 2.24) is 0 Å². The van der Waals surface area contributed by atoms with Crippen LogP contribution in [-0.4, -0.2) is 20.2 Å². The van der Waals surface area contributed by atoms with Crippen molar-refractivity contribution in [2.45, 2.75) is 4.90 Å². The van der Waals surface area contributed by atoms with Crippen molar-refractivity contribution >= 4 is 55.8 Å². The first-order valence-electron chi connectivity index (χ1n) is 8.23. The zero-order valence-corrected chi connectivity index (χ0v) is 17.3. The van der Waals surface area contributed by atoms with Crippen molar-refractivity contribution in [1.29, 1.82) is 0 Å². The minimum Gasteiger partial charge on any atom is -0.280 e. The van der Waals surface area contributed by atoms with E-state index in [9.17, 15) is 18.0 Å². The molecule has 2 amide bonds. The Bertz CT molecular complexity index is 1150. The molecule has 4 rings (SSSR count). The van der Waals surface area contributed by atoms with Crippen LogP contribution in [0.2, 0.25) is 0 Å². The molecule has 3 aromatic rings. The summed E-state index contributed by atoms with van der Waals surface area (Å²) in [6.45, 7) is 0. The fourth-order valence-corrected chi connectivity index (χ4v) is 4.35. The summed E-state index contributed by atoms with van der Waals surface area (Å²) < 4.78 is 28.6. The highest BCUT2D eigenvalue weighted by molar-refractivity contribution is 14.1. The van der Waals surface area contributed by atoms with Gasteiger partial charge in [-0.15, -0.1) is 0 Å². The molecule has 0 bridgehead atoms. The van der Waals surface area contributed by atoms with E-state index in [1.54, 1.807) is 48.5 Å². The third-order valence-electron chi connectivity index (χ3n) is 4.30. The molecular weight excluding hydrogens is 491 g/mol. The second kappa shape index (κ2) is 7.02. The molecule has 0 saturated heterocycles. The Morgan fingerprint density at radius 1 is 0.750 bits per heavy atom. The normalized spacial score (nSPS) is 13.5. The van der Waals surface area contributed by atoms with Crippen LogP contribution in [0.4, 0.5) is 11.4 Å². The summed E-state index contributed by atoms with van der Waals surface area (Å²) in [5, 5.41) is 0. The second-order valence-corrected chi connectivity index (χ2v) is 9.03. The lowest BCUT2D eigenvalue weighted by molar-refractivity contribution is 0.0926. The Balaban J connectivity index is 1.60. The van der Waals surface area contributed by atoms with Crippen molar-refractivity contribution in [2.24, 2.45) is 0 Å². The lowest BCUT2D eigenvalue weighted by Crippen LogP contribution is -2.29. The fourth-order valence-electron chi connectivity index (χ4n) is 2.93. The number of anilines is 2. The van der Waals surface area contributed by atoms with Crippen LogP contribution >= 0.6 is 22.6 Å². The number of imide groups is 1. The van der Waals surface area contributed by atoms with E-state index in [1.807, 2.05) is 0 Å². The van der Waals surface area contributed by atoms with E-state index in [0.29, 0.717) is 22.5 Å². The van der Waals surface area contributed by atoms with Gasteiger partial charge in [-0.2, -0.15) is 0 Å². The van der Waals surface area contributed by atoms with Crippen molar-refractivity contribution in [2.75, 3.05) is 9.62 Å². The van der Waals surface area contributed by atoms with Gasteiger partial charge in [0.2, 0.25) is 0 Å². The number of sulfonamides is 1. The van der Waals surface area contributed by atoms with Gasteiger partial charge in [-0.3, -0.25) is 14.3 Å². The Labute approximate surface area is 175 Å². The van der Waals surface area contributed by atoms with E-state index in [1.165, 1.54) is 24.3 Å². The van der Waals surface area contributed by atoms with Gasteiger partial charge in [0.15, 0.2) is 0 Å². The molecule has 1 heterocycles. The highest BCUT2D eigenvalue weighted by Gasteiger charge is 2.36. The largest absolute Gasteiger partial charge is 0.280 e. The van der Waals surface area contributed by atoms with Crippen molar-refractivity contribution in [3.05, 3.63) is 87.5 Å². The lowest BCUT2D eigenvalue weighted by atomic mass is 10.1. The summed E-state index contributed by atoms with van der Waals surface area (Å²) in [6, 6.07) is 19.2. The molecular formula is C20H13IN2O4S. The highest BCUT2D eigenvalue weighted by Crippen LogP contribution is 2.29. The van der Waals surface area contributed by atoms with Crippen molar-refractivity contribution in [3.63, 3.8) is 0 Å². The predicted molar refractivity (Wildman–Crippen MR) is 114 cm³/mol. The van der Waals surface area contributed by atoms with E-state index in [-0.39, 0.29) is 4.90 Å². The molecule has 0 spiro atoms. The lowest BCUT2D eigenvalue weighted by Gasteiger charge is -2.15. The SMILES string of the molecule is O=C1c2ccccc2C(=O)N1c1ccc(S(=O)(=O)Nc2ccc(I)cc2)cc1. The third kappa shape index (κ3) is 3.29. The first kappa shape index (κ1) is 18.6. The Morgan fingerprint density at radius 3 is 1.82 bits per heavy atom. The summed E-state index contributed by atoms with van der Waals surface area (Å²) in [6.07, 6.45) is 0. The molecule has 3 aromatic carbocycles. The summed E-state index contributed by atoms with van der Waals surface area (Å²) >= 11 is 2.13. The molecule has 0 radical (unpaired) electrons. The van der Waals surface area contributed by atoms with Crippen LogP contribution in [0.5, 0.6) is 0 Å². The van der Waals surface area contributed by atoms with E-state index in [2.05, 4.69) is 27.3 Å². The minimum atomic E-state index is -3.79. The summed E-state index contributed by atoms with van der Waals surface area (Å²) in [5.74, 6) is -0.846. The Kier molecular flexibility index (Phi) is 4.68. The Hall–Kier alpha value is -2.72. The van der Waals surface area contributed by atoms with Crippen molar-refractivity contribution < 1.29 is 18.0 Å². The monoisotopic (exact) mass is 504 g/mol. The van der Waals surface area contributed by atoms with Gasteiger partial charge < -0.3 is 0 Å². The molecule has 6 nitrogen and oxygen atoms in total. The number of rotatable bonds is 4. The highest BCUT2D eigenvalue weighted by atomic mass is 127. The predicted octanol–water partition coefficient (Wildman–Crippen LogP) is 3.89. The standard InChI is InChI=1S/C20H13IN2O4S/c21-13-5-7-14(8-6-13)22-28(26,27)16-11-9-15(10-12-16)23-19(24)17-3-1-2-4-18(17)20(23)25/h1-12,22H. The van der Waals surface area contributed by atoms with Gasteiger partial charge in [0, 0.05) is 9.26 Å². The molecule has 8 heteroatoms. The van der Waals surface area contributed by atoms with Gasteiger partial charge in [0.05, 0.1) is 21.7 Å². The van der Waals surface area contributed by atoms with Crippen LogP contribution in [0.25, 0.3) is 0 Å². The molecule has 140 valence electrons. The number of nitrogens with one attached hydrogen (secondary N) is 1. The number of benzene rings is 3. The van der Waals surface area contributed by atoms with Crippen LogP contribution in [0, 0.1) is 3.57 Å². The van der Waals surface area contributed by atoms with Crippen LogP contribution in [0.1, 0.15) is 20.7 Å². The molecule has 1 aliphatic rings. The maximum Gasteiger partial charge on any atom is 0.266 e. The average Bonchev–Trinajstić information content (AvgIpc) is 2.95.